The molecule has 2 aromatic carbocycles. The SMILES string of the molecule is CC(C)c1ccc(NC(=O)C[C@@H]2C(=O)Nc3nc(-c4ccc(Cl)cc4)nn32)cc1. The fourth-order valence-electron chi connectivity index (χ4n) is 3.17. The topological polar surface area (TPSA) is 88.9 Å². The molecule has 148 valence electrons. The number of anilines is 2. The molecular weight excluding hydrogens is 390 g/mol. The first-order chi connectivity index (χ1) is 13.9. The lowest BCUT2D eigenvalue weighted by atomic mass is 10.0. The van der Waals surface area contributed by atoms with Crippen molar-refractivity contribution in [3.8, 4) is 11.4 Å². The number of hydrogen-bond acceptors (Lipinski definition) is 4. The average molecular weight is 410 g/mol. The van der Waals surface area contributed by atoms with E-state index in [2.05, 4.69) is 34.6 Å². The van der Waals surface area contributed by atoms with E-state index in [1.165, 1.54) is 10.2 Å². The van der Waals surface area contributed by atoms with E-state index in [4.69, 9.17) is 11.6 Å². The Morgan fingerprint density at radius 2 is 1.86 bits per heavy atom. The molecule has 3 aromatic rings. The molecule has 0 saturated heterocycles. The summed E-state index contributed by atoms with van der Waals surface area (Å²) in [5.41, 5.74) is 2.66. The van der Waals surface area contributed by atoms with Crippen molar-refractivity contribution in [2.45, 2.75) is 32.2 Å². The Morgan fingerprint density at radius 3 is 2.52 bits per heavy atom. The number of rotatable bonds is 5. The second kappa shape index (κ2) is 7.67. The highest BCUT2D eigenvalue weighted by Gasteiger charge is 2.35. The number of aromatic nitrogens is 3. The lowest BCUT2D eigenvalue weighted by molar-refractivity contribution is -0.123. The van der Waals surface area contributed by atoms with Gasteiger partial charge in [0, 0.05) is 16.3 Å². The van der Waals surface area contributed by atoms with Gasteiger partial charge in [-0.2, -0.15) is 4.98 Å². The summed E-state index contributed by atoms with van der Waals surface area (Å²) in [7, 11) is 0. The van der Waals surface area contributed by atoms with Crippen LogP contribution in [0.4, 0.5) is 11.6 Å². The zero-order valence-corrected chi connectivity index (χ0v) is 16.8. The first kappa shape index (κ1) is 19.1. The summed E-state index contributed by atoms with van der Waals surface area (Å²) < 4.78 is 1.47. The Balaban J connectivity index is 1.47. The van der Waals surface area contributed by atoms with Gasteiger partial charge in [-0.15, -0.1) is 5.10 Å². The summed E-state index contributed by atoms with van der Waals surface area (Å²) in [6.07, 6.45) is -0.0335. The Labute approximate surface area is 173 Å². The van der Waals surface area contributed by atoms with Crippen LogP contribution in [-0.2, 0) is 9.59 Å². The van der Waals surface area contributed by atoms with E-state index < -0.39 is 6.04 Å². The largest absolute Gasteiger partial charge is 0.326 e. The third kappa shape index (κ3) is 4.00. The molecule has 0 bridgehead atoms. The molecule has 1 aliphatic rings. The van der Waals surface area contributed by atoms with Crippen molar-refractivity contribution in [2.24, 2.45) is 0 Å². The number of nitrogens with zero attached hydrogens (tertiary/aromatic N) is 3. The van der Waals surface area contributed by atoms with Crippen LogP contribution in [0.3, 0.4) is 0 Å². The molecule has 7 nitrogen and oxygen atoms in total. The predicted molar refractivity (Wildman–Crippen MR) is 112 cm³/mol. The van der Waals surface area contributed by atoms with Gasteiger partial charge in [0.25, 0.3) is 5.91 Å². The van der Waals surface area contributed by atoms with E-state index in [9.17, 15) is 9.59 Å². The molecule has 2 heterocycles. The molecule has 2 N–H and O–H groups in total. The van der Waals surface area contributed by atoms with Gasteiger partial charge in [-0.05, 0) is 47.9 Å². The third-order valence-corrected chi connectivity index (χ3v) is 5.06. The molecule has 4 rings (SSSR count). The van der Waals surface area contributed by atoms with E-state index in [0.29, 0.717) is 28.4 Å². The van der Waals surface area contributed by atoms with Gasteiger partial charge in [0.05, 0.1) is 6.42 Å². The third-order valence-electron chi connectivity index (χ3n) is 4.81. The molecule has 2 amide bonds. The molecule has 0 saturated carbocycles. The Bertz CT molecular complexity index is 1060. The molecular formula is C21H20ClN5O2. The van der Waals surface area contributed by atoms with E-state index in [0.717, 1.165) is 5.56 Å². The van der Waals surface area contributed by atoms with Crippen LogP contribution < -0.4 is 10.6 Å². The number of nitrogens with one attached hydrogen (secondary N) is 2. The van der Waals surface area contributed by atoms with Crippen molar-refractivity contribution in [2.75, 3.05) is 10.6 Å². The Kier molecular flexibility index (Phi) is 5.07. The van der Waals surface area contributed by atoms with Crippen molar-refractivity contribution in [1.29, 1.82) is 0 Å². The molecule has 8 heteroatoms. The van der Waals surface area contributed by atoms with Crippen LogP contribution in [0.25, 0.3) is 11.4 Å². The highest BCUT2D eigenvalue weighted by atomic mass is 35.5. The van der Waals surface area contributed by atoms with Crippen LogP contribution in [0.2, 0.25) is 5.02 Å². The molecule has 1 atom stereocenters. The number of amides is 2. The number of fused-ring (bicyclic) bond motifs is 1. The van der Waals surface area contributed by atoms with Crippen LogP contribution in [0.5, 0.6) is 0 Å². The summed E-state index contributed by atoms with van der Waals surface area (Å²) in [4.78, 5) is 29.1. The van der Waals surface area contributed by atoms with Crippen LogP contribution in [0.1, 0.15) is 37.8 Å². The van der Waals surface area contributed by atoms with E-state index in [1.807, 2.05) is 24.3 Å². The summed E-state index contributed by atoms with van der Waals surface area (Å²) in [6.45, 7) is 4.22. The second-order valence-corrected chi connectivity index (χ2v) is 7.68. The minimum atomic E-state index is -0.742. The second-order valence-electron chi connectivity index (χ2n) is 7.24. The van der Waals surface area contributed by atoms with E-state index in [1.54, 1.807) is 24.3 Å². The van der Waals surface area contributed by atoms with Crippen molar-refractivity contribution < 1.29 is 9.59 Å². The quantitative estimate of drug-likeness (QED) is 0.659. The Morgan fingerprint density at radius 1 is 1.17 bits per heavy atom. The minimum absolute atomic E-state index is 0.0335. The molecule has 0 aliphatic carbocycles. The molecule has 1 aromatic heterocycles. The fraction of sp³-hybridized carbons (Fsp3) is 0.238. The first-order valence-electron chi connectivity index (χ1n) is 9.34. The number of benzene rings is 2. The molecule has 29 heavy (non-hydrogen) atoms. The fourth-order valence-corrected chi connectivity index (χ4v) is 3.30. The summed E-state index contributed by atoms with van der Waals surface area (Å²) in [5.74, 6) is 0.652. The van der Waals surface area contributed by atoms with Crippen LogP contribution in [0.15, 0.2) is 48.5 Å². The maximum Gasteiger partial charge on any atom is 0.252 e. The summed E-state index contributed by atoms with van der Waals surface area (Å²) in [5, 5.41) is 10.5. The monoisotopic (exact) mass is 409 g/mol. The molecule has 0 spiro atoms. The first-order valence-corrected chi connectivity index (χ1v) is 9.71. The smallest absolute Gasteiger partial charge is 0.252 e. The van der Waals surface area contributed by atoms with Gasteiger partial charge < -0.3 is 5.32 Å². The van der Waals surface area contributed by atoms with Crippen LogP contribution >= 0.6 is 11.6 Å². The van der Waals surface area contributed by atoms with Gasteiger partial charge in [-0.1, -0.05) is 37.6 Å². The van der Waals surface area contributed by atoms with Gasteiger partial charge in [-0.25, -0.2) is 4.68 Å². The van der Waals surface area contributed by atoms with Crippen LogP contribution in [-0.4, -0.2) is 26.6 Å². The van der Waals surface area contributed by atoms with Crippen LogP contribution in [0, 0.1) is 0 Å². The molecule has 0 radical (unpaired) electrons. The van der Waals surface area contributed by atoms with Gasteiger partial charge in [0.1, 0.15) is 6.04 Å². The zero-order chi connectivity index (χ0) is 20.5. The maximum atomic E-state index is 12.5. The maximum absolute atomic E-state index is 12.5. The average Bonchev–Trinajstić information content (AvgIpc) is 3.21. The number of carbonyl (C=O) groups is 2. The van der Waals surface area contributed by atoms with Gasteiger partial charge in [0.15, 0.2) is 5.82 Å². The van der Waals surface area contributed by atoms with Gasteiger partial charge in [0.2, 0.25) is 11.9 Å². The zero-order valence-electron chi connectivity index (χ0n) is 16.0. The normalized spacial score (nSPS) is 15.3. The van der Waals surface area contributed by atoms with Gasteiger partial charge in [-0.3, -0.25) is 14.9 Å². The molecule has 0 fully saturated rings. The highest BCUT2D eigenvalue weighted by molar-refractivity contribution is 6.30. The van der Waals surface area contributed by atoms with Crippen molar-refractivity contribution in [3.63, 3.8) is 0 Å². The number of hydrogen-bond donors (Lipinski definition) is 2. The number of carbonyl (C=O) groups excluding carboxylic acids is 2. The van der Waals surface area contributed by atoms with Crippen molar-refractivity contribution >= 4 is 35.1 Å². The summed E-state index contributed by atoms with van der Waals surface area (Å²) >= 11 is 5.92. The molecule has 0 unspecified atom stereocenters. The highest BCUT2D eigenvalue weighted by Crippen LogP contribution is 2.29. The van der Waals surface area contributed by atoms with E-state index in [-0.39, 0.29) is 18.2 Å². The summed E-state index contributed by atoms with van der Waals surface area (Å²) in [6, 6.07) is 14.0. The predicted octanol–water partition coefficient (Wildman–Crippen LogP) is 4.24. The Hall–Kier alpha value is -3.19. The minimum Gasteiger partial charge on any atom is -0.326 e. The number of halogens is 1. The standard InChI is InChI=1S/C21H20ClN5O2/c1-12(2)13-5-9-16(10-6-13)23-18(28)11-17-20(29)25-21-24-19(26-27(17)21)14-3-7-15(22)8-4-14/h3-10,12,17H,11H2,1-2H3,(H,23,28)(H,24,25,26,29)/t17-/m1/s1. The van der Waals surface area contributed by atoms with Gasteiger partial charge >= 0.3 is 0 Å². The lowest BCUT2D eigenvalue weighted by Gasteiger charge is -2.11. The van der Waals surface area contributed by atoms with Crippen molar-refractivity contribution in [3.05, 3.63) is 59.1 Å². The van der Waals surface area contributed by atoms with E-state index >= 15 is 0 Å². The van der Waals surface area contributed by atoms with Crippen molar-refractivity contribution in [1.82, 2.24) is 14.8 Å². The molecule has 1 aliphatic heterocycles. The lowest BCUT2D eigenvalue weighted by Crippen LogP contribution is -2.23.